The number of rotatable bonds is 5. The second kappa shape index (κ2) is 6.09. The number of carboxylic acid groups (broad SMARTS) is 1. The lowest BCUT2D eigenvalue weighted by Gasteiger charge is -2.07. The average molecular weight is 244 g/mol. The number of anilines is 1. The van der Waals surface area contributed by atoms with Crippen LogP contribution in [0.25, 0.3) is 0 Å². The molecule has 0 aliphatic carbocycles. The molecule has 0 saturated heterocycles. The standard InChI is InChI=1S/C9H12N2O4S/c12-7(8(13)14)1-3-10-9(15)11-6-2-4-16-5-6/h2,4-5,7,12H,1,3H2,(H,13,14)(H2,10,11,15)/t7-/m0/s1. The summed E-state index contributed by atoms with van der Waals surface area (Å²) in [4.78, 5) is 21.5. The van der Waals surface area contributed by atoms with Crippen LogP contribution in [0.4, 0.5) is 10.5 Å². The van der Waals surface area contributed by atoms with Crippen molar-refractivity contribution in [1.82, 2.24) is 5.32 Å². The third-order valence-electron chi connectivity index (χ3n) is 1.77. The highest BCUT2D eigenvalue weighted by molar-refractivity contribution is 7.08. The number of hydrogen-bond acceptors (Lipinski definition) is 4. The number of aliphatic carboxylic acids is 1. The molecule has 1 heterocycles. The maximum absolute atomic E-state index is 11.2. The minimum atomic E-state index is -1.44. The van der Waals surface area contributed by atoms with E-state index in [2.05, 4.69) is 10.6 Å². The Labute approximate surface area is 95.9 Å². The Bertz CT molecular complexity index is 352. The van der Waals surface area contributed by atoms with Gasteiger partial charge in [-0.15, -0.1) is 0 Å². The molecule has 0 aliphatic rings. The monoisotopic (exact) mass is 244 g/mol. The van der Waals surface area contributed by atoms with Crippen LogP contribution in [0.3, 0.4) is 0 Å². The molecule has 1 rings (SSSR count). The number of nitrogens with one attached hydrogen (secondary N) is 2. The Balaban J connectivity index is 2.18. The number of carboxylic acids is 1. The molecule has 16 heavy (non-hydrogen) atoms. The maximum Gasteiger partial charge on any atom is 0.332 e. The van der Waals surface area contributed by atoms with Crippen LogP contribution < -0.4 is 10.6 Å². The molecule has 0 bridgehead atoms. The van der Waals surface area contributed by atoms with E-state index in [-0.39, 0.29) is 13.0 Å². The van der Waals surface area contributed by atoms with Gasteiger partial charge in [0.15, 0.2) is 6.10 Å². The largest absolute Gasteiger partial charge is 0.479 e. The first-order chi connectivity index (χ1) is 7.59. The molecular weight excluding hydrogens is 232 g/mol. The number of amides is 2. The first-order valence-electron chi connectivity index (χ1n) is 4.57. The third kappa shape index (κ3) is 4.28. The molecule has 4 N–H and O–H groups in total. The number of aliphatic hydroxyl groups is 1. The highest BCUT2D eigenvalue weighted by atomic mass is 32.1. The topological polar surface area (TPSA) is 98.7 Å². The summed E-state index contributed by atoms with van der Waals surface area (Å²) in [6.45, 7) is 0.101. The number of carbonyl (C=O) groups is 2. The first kappa shape index (κ1) is 12.5. The van der Waals surface area contributed by atoms with Crippen LogP contribution in [-0.4, -0.2) is 34.9 Å². The Morgan fingerprint density at radius 1 is 1.50 bits per heavy atom. The molecule has 1 aromatic rings. The van der Waals surface area contributed by atoms with Crippen LogP contribution in [0.15, 0.2) is 16.8 Å². The average Bonchev–Trinajstić information content (AvgIpc) is 2.70. The summed E-state index contributed by atoms with van der Waals surface area (Å²) < 4.78 is 0. The smallest absolute Gasteiger partial charge is 0.332 e. The summed E-state index contributed by atoms with van der Waals surface area (Å²) in [6.07, 6.45) is -1.46. The van der Waals surface area contributed by atoms with Crippen LogP contribution >= 0.6 is 11.3 Å². The molecule has 1 aromatic heterocycles. The third-order valence-corrected chi connectivity index (χ3v) is 2.45. The maximum atomic E-state index is 11.2. The number of hydrogen-bond donors (Lipinski definition) is 4. The van der Waals surface area contributed by atoms with E-state index in [1.807, 2.05) is 5.38 Å². The zero-order chi connectivity index (χ0) is 12.0. The van der Waals surface area contributed by atoms with Gasteiger partial charge in [-0.2, -0.15) is 11.3 Å². The van der Waals surface area contributed by atoms with Gasteiger partial charge in [0.2, 0.25) is 0 Å². The fraction of sp³-hybridized carbons (Fsp3) is 0.333. The fourth-order valence-corrected chi connectivity index (χ4v) is 1.54. The van der Waals surface area contributed by atoms with Crippen LogP contribution in [0, 0.1) is 0 Å². The second-order valence-electron chi connectivity index (χ2n) is 3.04. The van der Waals surface area contributed by atoms with Gasteiger partial charge in [0.25, 0.3) is 0 Å². The van der Waals surface area contributed by atoms with Crippen molar-refractivity contribution in [2.75, 3.05) is 11.9 Å². The molecule has 0 fully saturated rings. The predicted molar refractivity (Wildman–Crippen MR) is 59.6 cm³/mol. The van der Waals surface area contributed by atoms with E-state index in [1.54, 1.807) is 11.4 Å². The lowest BCUT2D eigenvalue weighted by molar-refractivity contribution is -0.146. The number of urea groups is 1. The SMILES string of the molecule is O=C(NCC[C@H](O)C(=O)O)Nc1ccsc1. The zero-order valence-electron chi connectivity index (χ0n) is 8.34. The number of thiophene rings is 1. The Kier molecular flexibility index (Phi) is 4.74. The van der Waals surface area contributed by atoms with E-state index in [0.717, 1.165) is 0 Å². The molecular formula is C9H12N2O4S. The summed E-state index contributed by atoms with van der Waals surface area (Å²) >= 11 is 1.45. The van der Waals surface area contributed by atoms with Gasteiger partial charge in [-0.1, -0.05) is 0 Å². The summed E-state index contributed by atoms with van der Waals surface area (Å²) in [7, 11) is 0. The van der Waals surface area contributed by atoms with Crippen molar-refractivity contribution < 1.29 is 19.8 Å². The van der Waals surface area contributed by atoms with Crippen LogP contribution in [0.5, 0.6) is 0 Å². The molecule has 0 spiro atoms. The van der Waals surface area contributed by atoms with Crippen molar-refractivity contribution in [2.24, 2.45) is 0 Å². The summed E-state index contributed by atoms with van der Waals surface area (Å²) in [5, 5.41) is 25.9. The van der Waals surface area contributed by atoms with Crippen molar-refractivity contribution in [2.45, 2.75) is 12.5 Å². The second-order valence-corrected chi connectivity index (χ2v) is 3.82. The van der Waals surface area contributed by atoms with Gasteiger partial charge in [0.05, 0.1) is 5.69 Å². The molecule has 0 unspecified atom stereocenters. The lowest BCUT2D eigenvalue weighted by atomic mass is 10.2. The van der Waals surface area contributed by atoms with Gasteiger partial charge in [-0.25, -0.2) is 9.59 Å². The molecule has 1 atom stereocenters. The van der Waals surface area contributed by atoms with Crippen LogP contribution in [-0.2, 0) is 4.79 Å². The minimum Gasteiger partial charge on any atom is -0.479 e. The number of carbonyl (C=O) groups excluding carboxylic acids is 1. The van der Waals surface area contributed by atoms with Gasteiger partial charge in [0, 0.05) is 18.3 Å². The van der Waals surface area contributed by atoms with Gasteiger partial charge >= 0.3 is 12.0 Å². The highest BCUT2D eigenvalue weighted by Crippen LogP contribution is 2.11. The van der Waals surface area contributed by atoms with Crippen molar-refractivity contribution in [3.8, 4) is 0 Å². The van der Waals surface area contributed by atoms with Crippen molar-refractivity contribution in [3.05, 3.63) is 16.8 Å². The number of aliphatic hydroxyl groups excluding tert-OH is 1. The Morgan fingerprint density at radius 3 is 2.81 bits per heavy atom. The van der Waals surface area contributed by atoms with E-state index in [0.29, 0.717) is 5.69 Å². The minimum absolute atomic E-state index is 0.0214. The zero-order valence-corrected chi connectivity index (χ0v) is 9.16. The summed E-state index contributed by atoms with van der Waals surface area (Å²) in [6, 6.07) is 1.33. The van der Waals surface area contributed by atoms with Crippen molar-refractivity contribution >= 4 is 29.0 Å². The van der Waals surface area contributed by atoms with Crippen molar-refractivity contribution in [1.29, 1.82) is 0 Å². The normalized spacial score (nSPS) is 11.8. The van der Waals surface area contributed by atoms with Gasteiger partial charge in [-0.05, 0) is 11.4 Å². The van der Waals surface area contributed by atoms with Crippen molar-refractivity contribution in [3.63, 3.8) is 0 Å². The van der Waals surface area contributed by atoms with Gasteiger partial charge in [0.1, 0.15) is 0 Å². The van der Waals surface area contributed by atoms with Gasteiger partial charge < -0.3 is 20.8 Å². The fourth-order valence-electron chi connectivity index (χ4n) is 0.957. The van der Waals surface area contributed by atoms with E-state index < -0.39 is 18.1 Å². The van der Waals surface area contributed by atoms with Crippen LogP contribution in [0.2, 0.25) is 0 Å². The molecule has 0 saturated carbocycles. The summed E-state index contributed by atoms with van der Waals surface area (Å²) in [5.41, 5.74) is 0.682. The molecule has 88 valence electrons. The molecule has 2 amide bonds. The Hall–Kier alpha value is -1.60. The predicted octanol–water partition coefficient (Wildman–Crippen LogP) is 0.705. The van der Waals surface area contributed by atoms with Crippen LogP contribution in [0.1, 0.15) is 6.42 Å². The molecule has 0 aromatic carbocycles. The van der Waals surface area contributed by atoms with Gasteiger partial charge in [-0.3, -0.25) is 0 Å². The molecule has 0 radical (unpaired) electrons. The van der Waals surface area contributed by atoms with E-state index in [4.69, 9.17) is 10.2 Å². The molecule has 7 heteroatoms. The molecule has 6 nitrogen and oxygen atoms in total. The highest BCUT2D eigenvalue weighted by Gasteiger charge is 2.12. The lowest BCUT2D eigenvalue weighted by Crippen LogP contribution is -2.32. The van der Waals surface area contributed by atoms with E-state index in [9.17, 15) is 9.59 Å². The quantitative estimate of drug-likeness (QED) is 0.613. The molecule has 0 aliphatic heterocycles. The first-order valence-corrected chi connectivity index (χ1v) is 5.52. The summed E-state index contributed by atoms with van der Waals surface area (Å²) in [5.74, 6) is -1.29. The van der Waals surface area contributed by atoms with E-state index in [1.165, 1.54) is 11.3 Å². The van der Waals surface area contributed by atoms with E-state index >= 15 is 0 Å². The Morgan fingerprint density at radius 2 is 2.25 bits per heavy atom.